The number of rotatable bonds is 5. The van der Waals surface area contributed by atoms with E-state index >= 15 is 0 Å². The molecule has 1 saturated carbocycles. The van der Waals surface area contributed by atoms with E-state index in [1.807, 2.05) is 0 Å². The highest BCUT2D eigenvalue weighted by Crippen LogP contribution is 2.39. The van der Waals surface area contributed by atoms with E-state index in [1.54, 1.807) is 6.92 Å². The third-order valence-corrected chi connectivity index (χ3v) is 4.65. The van der Waals surface area contributed by atoms with E-state index in [4.69, 9.17) is 0 Å². The molecule has 1 aliphatic carbocycles. The summed E-state index contributed by atoms with van der Waals surface area (Å²) >= 11 is 0. The van der Waals surface area contributed by atoms with Gasteiger partial charge in [0.05, 0.1) is 5.60 Å². The molecule has 5 nitrogen and oxygen atoms in total. The lowest BCUT2D eigenvalue weighted by Crippen LogP contribution is -2.49. The van der Waals surface area contributed by atoms with Gasteiger partial charge in [-0.3, -0.25) is 0 Å². The van der Waals surface area contributed by atoms with E-state index in [1.165, 1.54) is 0 Å². The lowest BCUT2D eigenvalue weighted by atomic mass is 9.71. The first kappa shape index (κ1) is 14.9. The van der Waals surface area contributed by atoms with Crippen LogP contribution in [0.15, 0.2) is 0 Å². The summed E-state index contributed by atoms with van der Waals surface area (Å²) in [6, 6.07) is 0. The monoisotopic (exact) mass is 264 g/mol. The van der Waals surface area contributed by atoms with E-state index in [2.05, 4.69) is 23.3 Å². The summed E-state index contributed by atoms with van der Waals surface area (Å²) in [5.41, 5.74) is -0.634. The molecule has 0 aromatic carbocycles. The SMILES string of the molecule is CCNS(=O)(=O)NCC1(O)CCC(C)(C)CC1. The molecule has 102 valence electrons. The van der Waals surface area contributed by atoms with E-state index in [9.17, 15) is 13.5 Å². The van der Waals surface area contributed by atoms with Crippen molar-refractivity contribution in [3.05, 3.63) is 0 Å². The number of aliphatic hydroxyl groups is 1. The summed E-state index contributed by atoms with van der Waals surface area (Å²) < 4.78 is 27.6. The molecule has 0 atom stereocenters. The molecule has 0 bridgehead atoms. The van der Waals surface area contributed by atoms with Crippen molar-refractivity contribution in [2.75, 3.05) is 13.1 Å². The highest BCUT2D eigenvalue weighted by atomic mass is 32.2. The number of nitrogens with one attached hydrogen (secondary N) is 2. The number of hydrogen-bond acceptors (Lipinski definition) is 3. The van der Waals surface area contributed by atoms with Crippen molar-refractivity contribution >= 4 is 10.2 Å². The quantitative estimate of drug-likeness (QED) is 0.686. The highest BCUT2D eigenvalue weighted by Gasteiger charge is 2.37. The molecule has 0 amide bonds. The molecule has 0 radical (unpaired) electrons. The van der Waals surface area contributed by atoms with Crippen molar-refractivity contribution in [2.24, 2.45) is 5.41 Å². The fourth-order valence-corrected chi connectivity index (χ4v) is 2.98. The summed E-state index contributed by atoms with van der Waals surface area (Å²) in [4.78, 5) is 0. The molecule has 1 rings (SSSR count). The van der Waals surface area contributed by atoms with Gasteiger partial charge in [0.25, 0.3) is 10.2 Å². The van der Waals surface area contributed by atoms with Gasteiger partial charge in [0.15, 0.2) is 0 Å². The van der Waals surface area contributed by atoms with Crippen molar-refractivity contribution < 1.29 is 13.5 Å². The fourth-order valence-electron chi connectivity index (χ4n) is 2.04. The average Bonchev–Trinajstić information content (AvgIpc) is 2.21. The predicted octanol–water partition coefficient (Wildman–Crippen LogP) is 0.762. The summed E-state index contributed by atoms with van der Waals surface area (Å²) in [6.45, 7) is 6.51. The van der Waals surface area contributed by atoms with E-state index in [0.29, 0.717) is 19.4 Å². The van der Waals surface area contributed by atoms with Crippen LogP contribution in [0.4, 0.5) is 0 Å². The molecule has 0 aromatic heterocycles. The molecule has 0 saturated heterocycles. The van der Waals surface area contributed by atoms with Gasteiger partial charge in [-0.2, -0.15) is 13.1 Å². The Bertz CT molecular complexity index is 342. The first-order valence-corrected chi connectivity index (χ1v) is 7.63. The van der Waals surface area contributed by atoms with Crippen LogP contribution in [-0.2, 0) is 10.2 Å². The summed E-state index contributed by atoms with van der Waals surface area (Å²) in [6.07, 6.45) is 3.14. The summed E-state index contributed by atoms with van der Waals surface area (Å²) in [5.74, 6) is 0. The van der Waals surface area contributed by atoms with Gasteiger partial charge in [-0.05, 0) is 31.1 Å². The van der Waals surface area contributed by atoms with Crippen molar-refractivity contribution in [1.82, 2.24) is 9.44 Å². The van der Waals surface area contributed by atoms with Crippen molar-refractivity contribution in [3.8, 4) is 0 Å². The zero-order valence-electron chi connectivity index (χ0n) is 10.9. The molecule has 0 aromatic rings. The second-order valence-corrected chi connectivity index (χ2v) is 7.30. The maximum Gasteiger partial charge on any atom is 0.276 e. The van der Waals surface area contributed by atoms with Crippen molar-refractivity contribution in [2.45, 2.75) is 52.1 Å². The molecule has 17 heavy (non-hydrogen) atoms. The normalized spacial score (nSPS) is 23.5. The lowest BCUT2D eigenvalue weighted by molar-refractivity contribution is -0.0206. The molecule has 6 heteroatoms. The second kappa shape index (κ2) is 5.22. The molecular formula is C11H24N2O3S. The topological polar surface area (TPSA) is 78.4 Å². The Kier molecular flexibility index (Phi) is 4.57. The van der Waals surface area contributed by atoms with E-state index in [0.717, 1.165) is 12.8 Å². The van der Waals surface area contributed by atoms with Gasteiger partial charge >= 0.3 is 0 Å². The van der Waals surface area contributed by atoms with Crippen LogP contribution in [0.3, 0.4) is 0 Å². The third kappa shape index (κ3) is 4.91. The molecule has 0 unspecified atom stereocenters. The van der Waals surface area contributed by atoms with Gasteiger partial charge in [-0.25, -0.2) is 4.72 Å². The Hall–Kier alpha value is -0.170. The number of hydrogen-bond donors (Lipinski definition) is 3. The van der Waals surface area contributed by atoms with Gasteiger partial charge in [-0.15, -0.1) is 0 Å². The largest absolute Gasteiger partial charge is 0.389 e. The molecule has 1 fully saturated rings. The zero-order valence-corrected chi connectivity index (χ0v) is 11.7. The highest BCUT2D eigenvalue weighted by molar-refractivity contribution is 7.87. The van der Waals surface area contributed by atoms with Crippen molar-refractivity contribution in [1.29, 1.82) is 0 Å². The molecule has 1 aliphatic rings. The summed E-state index contributed by atoms with van der Waals surface area (Å²) in [5, 5.41) is 10.3. The Morgan fingerprint density at radius 2 is 1.65 bits per heavy atom. The van der Waals surface area contributed by atoms with Crippen LogP contribution in [0.1, 0.15) is 46.5 Å². The first-order chi connectivity index (χ1) is 7.68. The maximum atomic E-state index is 11.4. The van der Waals surface area contributed by atoms with Crippen LogP contribution in [0, 0.1) is 5.41 Å². The summed E-state index contributed by atoms with van der Waals surface area (Å²) in [7, 11) is -3.46. The fraction of sp³-hybridized carbons (Fsp3) is 1.00. The average molecular weight is 264 g/mol. The molecule has 0 heterocycles. The molecular weight excluding hydrogens is 240 g/mol. The maximum absolute atomic E-state index is 11.4. The van der Waals surface area contributed by atoms with Gasteiger partial charge in [0, 0.05) is 13.1 Å². The minimum absolute atomic E-state index is 0.0956. The zero-order chi connectivity index (χ0) is 13.2. The third-order valence-electron chi connectivity index (χ3n) is 3.46. The minimum Gasteiger partial charge on any atom is -0.389 e. The molecule has 3 N–H and O–H groups in total. The minimum atomic E-state index is -3.46. The standard InChI is InChI=1S/C11H24N2O3S/c1-4-12-17(15,16)13-9-11(14)7-5-10(2,3)6-8-11/h12-14H,4-9H2,1-3H3. The van der Waals surface area contributed by atoms with Gasteiger partial charge in [0.1, 0.15) is 0 Å². The molecule has 0 spiro atoms. The van der Waals surface area contributed by atoms with Gasteiger partial charge < -0.3 is 5.11 Å². The Morgan fingerprint density at radius 3 is 2.12 bits per heavy atom. The van der Waals surface area contributed by atoms with E-state index < -0.39 is 15.8 Å². The van der Waals surface area contributed by atoms with Crippen LogP contribution >= 0.6 is 0 Å². The van der Waals surface area contributed by atoms with Crippen LogP contribution in [0.5, 0.6) is 0 Å². The van der Waals surface area contributed by atoms with E-state index in [-0.39, 0.29) is 12.0 Å². The van der Waals surface area contributed by atoms with Crippen LogP contribution in [0.2, 0.25) is 0 Å². The van der Waals surface area contributed by atoms with Gasteiger partial charge in [-0.1, -0.05) is 20.8 Å². The second-order valence-electron chi connectivity index (χ2n) is 5.71. The Morgan fingerprint density at radius 1 is 1.12 bits per heavy atom. The van der Waals surface area contributed by atoms with Gasteiger partial charge in [0.2, 0.25) is 0 Å². The smallest absolute Gasteiger partial charge is 0.276 e. The Balaban J connectivity index is 2.47. The predicted molar refractivity (Wildman–Crippen MR) is 67.8 cm³/mol. The lowest BCUT2D eigenvalue weighted by Gasteiger charge is -2.40. The first-order valence-electron chi connectivity index (χ1n) is 6.15. The Labute approximate surface area is 104 Å². The van der Waals surface area contributed by atoms with Crippen LogP contribution in [-0.4, -0.2) is 32.2 Å². The van der Waals surface area contributed by atoms with Crippen LogP contribution in [0.25, 0.3) is 0 Å². The van der Waals surface area contributed by atoms with Crippen LogP contribution < -0.4 is 9.44 Å². The van der Waals surface area contributed by atoms with Crippen molar-refractivity contribution in [3.63, 3.8) is 0 Å². The molecule has 0 aliphatic heterocycles.